The van der Waals surface area contributed by atoms with E-state index in [0.717, 1.165) is 68.2 Å². The topological polar surface area (TPSA) is 52.9 Å². The molecule has 0 amide bonds. The highest BCUT2D eigenvalue weighted by atomic mass is 32.1. The highest BCUT2D eigenvalue weighted by molar-refractivity contribution is 7.44. The lowest BCUT2D eigenvalue weighted by atomic mass is 9.99. The lowest BCUT2D eigenvalue weighted by molar-refractivity contribution is -0.518. The van der Waals surface area contributed by atoms with Crippen LogP contribution in [0.1, 0.15) is 76.1 Å². The first-order chi connectivity index (χ1) is 16.0. The van der Waals surface area contributed by atoms with E-state index in [9.17, 15) is 0 Å². The molecule has 6 heteroatoms. The number of anilines is 2. The number of hydrogen-bond acceptors (Lipinski definition) is 4. The van der Waals surface area contributed by atoms with E-state index in [2.05, 4.69) is 79.6 Å². The van der Waals surface area contributed by atoms with Crippen molar-refractivity contribution in [2.24, 2.45) is 11.8 Å². The summed E-state index contributed by atoms with van der Waals surface area (Å²) in [6, 6.07) is 8.74. The Morgan fingerprint density at radius 1 is 1.30 bits per heavy atom. The van der Waals surface area contributed by atoms with Crippen molar-refractivity contribution in [1.29, 1.82) is 0 Å². The van der Waals surface area contributed by atoms with Gasteiger partial charge in [0.25, 0.3) is 12.4 Å². The number of ether oxygens (including phenoxy) is 1. The van der Waals surface area contributed by atoms with Gasteiger partial charge in [0.2, 0.25) is 0 Å². The highest BCUT2D eigenvalue weighted by Crippen LogP contribution is 2.42. The van der Waals surface area contributed by atoms with Crippen LogP contribution >= 0.6 is 0 Å². The third-order valence-electron chi connectivity index (χ3n) is 6.82. The van der Waals surface area contributed by atoms with E-state index >= 15 is 0 Å². The zero-order valence-electron chi connectivity index (χ0n) is 20.4. The number of nitrogens with one attached hydrogen (secondary N) is 2. The Balaban J connectivity index is 1.40. The van der Waals surface area contributed by atoms with E-state index in [-0.39, 0.29) is 0 Å². The molecule has 1 aromatic carbocycles. The normalized spacial score (nSPS) is 21.4. The molecule has 4 rings (SSSR count). The number of allylic oxidation sites excluding steroid dienone is 4. The molecule has 0 spiro atoms. The first-order valence-corrected chi connectivity index (χ1v) is 12.7. The van der Waals surface area contributed by atoms with Crippen molar-refractivity contribution in [3.05, 3.63) is 64.8 Å². The molecular weight excluding hydrogens is 428 g/mol. The van der Waals surface area contributed by atoms with Crippen LogP contribution in [0.25, 0.3) is 0 Å². The Labute approximate surface area is 203 Å². The molecule has 2 aliphatic rings. The fourth-order valence-corrected chi connectivity index (χ4v) is 5.26. The van der Waals surface area contributed by atoms with E-state index in [1.54, 1.807) is 0 Å². The number of H-pyrrole nitrogens is 1. The van der Waals surface area contributed by atoms with Crippen LogP contribution in [-0.2, 0) is 30.1 Å². The van der Waals surface area contributed by atoms with E-state index < -0.39 is 0 Å². The van der Waals surface area contributed by atoms with Crippen LogP contribution in [0.4, 0.5) is 11.5 Å². The molecule has 1 fully saturated rings. The standard InChI is InChI=1S/C27H37N4OS/c1-5-7-26(32-25(6-2)18(3)4)21-9-8-20(14-21)24-16-27(30-29-24)28-23-11-10-19-12-13-31(33)17-22(19)15-23/h6-7,10-11,15-16,18,20-21H,5,8-9,12-14,17H2,1-4H3,(H2,28,29,30)/q+1/b25-6-,26-7+. The summed E-state index contributed by atoms with van der Waals surface area (Å²) in [6.45, 7) is 10.4. The van der Waals surface area contributed by atoms with E-state index in [4.69, 9.17) is 17.2 Å². The third kappa shape index (κ3) is 5.72. The summed E-state index contributed by atoms with van der Waals surface area (Å²) in [5.41, 5.74) is 4.99. The van der Waals surface area contributed by atoms with Crippen molar-refractivity contribution >= 4 is 23.9 Å². The van der Waals surface area contributed by atoms with Crippen molar-refractivity contribution in [3.63, 3.8) is 0 Å². The second-order valence-corrected chi connectivity index (χ2v) is 10.1. The second kappa shape index (κ2) is 10.6. The minimum atomic E-state index is 0.395. The number of rotatable bonds is 8. The van der Waals surface area contributed by atoms with E-state index in [1.807, 2.05) is 3.95 Å². The Hall–Kier alpha value is -2.47. The summed E-state index contributed by atoms with van der Waals surface area (Å²) in [6.07, 6.45) is 9.77. The maximum Gasteiger partial charge on any atom is 0.263 e. The summed E-state index contributed by atoms with van der Waals surface area (Å²) >= 11 is 5.37. The van der Waals surface area contributed by atoms with Crippen molar-refractivity contribution in [1.82, 2.24) is 10.2 Å². The van der Waals surface area contributed by atoms with Gasteiger partial charge in [-0.2, -0.15) is 9.04 Å². The summed E-state index contributed by atoms with van der Waals surface area (Å²) in [5, 5.41) is 11.3. The molecule has 33 heavy (non-hydrogen) atoms. The first kappa shape index (κ1) is 23.7. The molecule has 1 aromatic heterocycles. The minimum Gasteiger partial charge on any atom is -0.466 e. The number of nitrogens with zero attached hydrogens (tertiary/aromatic N) is 2. The average Bonchev–Trinajstić information content (AvgIpc) is 3.46. The van der Waals surface area contributed by atoms with Crippen LogP contribution in [0.2, 0.25) is 0 Å². The van der Waals surface area contributed by atoms with Crippen molar-refractivity contribution in [2.75, 3.05) is 11.9 Å². The molecule has 176 valence electrons. The molecule has 1 aliphatic heterocycles. The Kier molecular flexibility index (Phi) is 7.63. The maximum atomic E-state index is 6.38. The molecular formula is C27H37N4OS+. The maximum absolute atomic E-state index is 6.38. The predicted molar refractivity (Wildman–Crippen MR) is 136 cm³/mol. The highest BCUT2D eigenvalue weighted by Gasteiger charge is 2.31. The first-order valence-electron chi connectivity index (χ1n) is 12.4. The molecule has 0 radical (unpaired) electrons. The van der Waals surface area contributed by atoms with Gasteiger partial charge in [-0.05, 0) is 62.5 Å². The second-order valence-electron chi connectivity index (χ2n) is 9.60. The number of fused-ring (bicyclic) bond motifs is 1. The number of benzene rings is 1. The van der Waals surface area contributed by atoms with Crippen LogP contribution in [0.5, 0.6) is 0 Å². The molecule has 2 unspecified atom stereocenters. The largest absolute Gasteiger partial charge is 0.466 e. The number of aromatic nitrogens is 2. The van der Waals surface area contributed by atoms with Gasteiger partial charge in [-0.15, -0.1) is 0 Å². The van der Waals surface area contributed by atoms with Crippen LogP contribution in [-0.4, -0.2) is 20.7 Å². The molecule has 2 N–H and O–H groups in total. The fraction of sp³-hybridized carbons (Fsp3) is 0.519. The van der Waals surface area contributed by atoms with Gasteiger partial charge in [-0.25, -0.2) is 0 Å². The van der Waals surface area contributed by atoms with Crippen LogP contribution < -0.4 is 5.32 Å². The van der Waals surface area contributed by atoms with Gasteiger partial charge < -0.3 is 10.1 Å². The quantitative estimate of drug-likeness (QED) is 0.336. The summed E-state index contributed by atoms with van der Waals surface area (Å²) in [5.74, 6) is 4.42. The van der Waals surface area contributed by atoms with Gasteiger partial charge in [-0.1, -0.05) is 26.8 Å². The zero-order chi connectivity index (χ0) is 23.4. The third-order valence-corrected chi connectivity index (χ3v) is 7.13. The SMILES string of the molecule is C/C=C(\O/C(=C/CC)C1CCC(c2cc(Nc3ccc4c(c3)C[N+](=S)CC4)n[nH]2)C1)C(C)C. The molecule has 2 atom stereocenters. The number of hydrogen-bond donors (Lipinski definition) is 2. The molecule has 2 aromatic rings. The van der Waals surface area contributed by atoms with Crippen molar-refractivity contribution < 1.29 is 8.68 Å². The molecule has 2 heterocycles. The Morgan fingerprint density at radius 3 is 2.91 bits per heavy atom. The Morgan fingerprint density at radius 2 is 2.15 bits per heavy atom. The molecule has 0 bridgehead atoms. The van der Waals surface area contributed by atoms with Gasteiger partial charge in [-0.3, -0.25) is 5.10 Å². The van der Waals surface area contributed by atoms with Crippen molar-refractivity contribution in [3.8, 4) is 0 Å². The van der Waals surface area contributed by atoms with Crippen LogP contribution in [0.15, 0.2) is 47.9 Å². The average molecular weight is 466 g/mol. The molecule has 5 nitrogen and oxygen atoms in total. The molecule has 1 aliphatic carbocycles. The van der Waals surface area contributed by atoms with Gasteiger partial charge in [0.05, 0.1) is 0 Å². The lowest BCUT2D eigenvalue weighted by Gasteiger charge is -2.20. The monoisotopic (exact) mass is 465 g/mol. The predicted octanol–water partition coefficient (Wildman–Crippen LogP) is 6.71. The summed E-state index contributed by atoms with van der Waals surface area (Å²) in [4.78, 5) is 0. The van der Waals surface area contributed by atoms with Crippen molar-refractivity contribution in [2.45, 2.75) is 72.3 Å². The van der Waals surface area contributed by atoms with E-state index in [0.29, 0.717) is 17.8 Å². The smallest absolute Gasteiger partial charge is 0.263 e. The molecule has 1 saturated carbocycles. The van der Waals surface area contributed by atoms with Crippen LogP contribution in [0.3, 0.4) is 0 Å². The van der Waals surface area contributed by atoms with Gasteiger partial charge in [0, 0.05) is 47.2 Å². The summed E-state index contributed by atoms with van der Waals surface area (Å²) in [7, 11) is 0. The fourth-order valence-electron chi connectivity index (χ4n) is 5.03. The molecule has 0 saturated heterocycles. The number of aromatic amines is 1. The summed E-state index contributed by atoms with van der Waals surface area (Å²) < 4.78 is 8.34. The van der Waals surface area contributed by atoms with Gasteiger partial charge >= 0.3 is 0 Å². The minimum absolute atomic E-state index is 0.395. The van der Waals surface area contributed by atoms with Crippen LogP contribution in [0, 0.1) is 11.8 Å². The lowest BCUT2D eigenvalue weighted by Crippen LogP contribution is -2.19. The van der Waals surface area contributed by atoms with E-state index in [1.165, 1.54) is 16.8 Å². The van der Waals surface area contributed by atoms with Gasteiger partial charge in [0.1, 0.15) is 11.5 Å². The zero-order valence-corrected chi connectivity index (χ0v) is 21.2. The van der Waals surface area contributed by atoms with Gasteiger partial charge in [0.15, 0.2) is 18.9 Å². The Bertz CT molecular complexity index is 1050.